The minimum absolute atomic E-state index is 0.258. The Morgan fingerprint density at radius 3 is 2.37 bits per heavy atom. The van der Waals surface area contributed by atoms with Crippen LogP contribution in [0.15, 0.2) is 12.7 Å². The van der Waals surface area contributed by atoms with Gasteiger partial charge in [-0.2, -0.15) is 0 Å². The van der Waals surface area contributed by atoms with Crippen molar-refractivity contribution < 1.29 is 0 Å². The topological polar surface area (TPSA) is 15.3 Å². The lowest BCUT2D eigenvalue weighted by Crippen LogP contribution is -2.56. The lowest BCUT2D eigenvalue weighted by molar-refractivity contribution is 0.106. The van der Waals surface area contributed by atoms with Crippen LogP contribution >= 0.6 is 0 Å². The van der Waals surface area contributed by atoms with E-state index in [4.69, 9.17) is 0 Å². The summed E-state index contributed by atoms with van der Waals surface area (Å²) in [6.45, 7) is 11.9. The highest BCUT2D eigenvalue weighted by atomic mass is 15.2. The molecule has 0 aromatic rings. The van der Waals surface area contributed by atoms with Gasteiger partial charge in [0.15, 0.2) is 0 Å². The van der Waals surface area contributed by atoms with Crippen molar-refractivity contribution in [1.29, 1.82) is 0 Å². The summed E-state index contributed by atoms with van der Waals surface area (Å²) in [5.41, 5.74) is 0.258. The summed E-state index contributed by atoms with van der Waals surface area (Å²) in [5.74, 6) is 0. The zero-order valence-electron chi connectivity index (χ0n) is 14.0. The predicted octanol–water partition coefficient (Wildman–Crippen LogP) is 4.22. The van der Waals surface area contributed by atoms with Gasteiger partial charge in [0.25, 0.3) is 0 Å². The number of hydrogen-bond acceptors (Lipinski definition) is 2. The molecule has 0 radical (unpaired) electrons. The van der Waals surface area contributed by atoms with Gasteiger partial charge in [-0.3, -0.25) is 0 Å². The van der Waals surface area contributed by atoms with Gasteiger partial charge in [-0.05, 0) is 59.7 Å². The molecule has 0 fully saturated rings. The van der Waals surface area contributed by atoms with E-state index in [-0.39, 0.29) is 5.54 Å². The maximum Gasteiger partial charge on any atom is 0.0325 e. The maximum atomic E-state index is 3.79. The molecule has 0 aliphatic carbocycles. The van der Waals surface area contributed by atoms with Gasteiger partial charge < -0.3 is 10.2 Å². The van der Waals surface area contributed by atoms with Crippen molar-refractivity contribution in [2.45, 2.75) is 77.3 Å². The Morgan fingerprint density at radius 2 is 1.89 bits per heavy atom. The van der Waals surface area contributed by atoms with E-state index in [1.807, 2.05) is 6.08 Å². The minimum Gasteiger partial charge on any atom is -0.312 e. The van der Waals surface area contributed by atoms with Crippen molar-refractivity contribution in [2.75, 3.05) is 20.6 Å². The van der Waals surface area contributed by atoms with Crippen molar-refractivity contribution in [3.8, 4) is 0 Å². The number of likely N-dealkylation sites (N-methyl/N-ethyl adjacent to an activating group) is 1. The van der Waals surface area contributed by atoms with Gasteiger partial charge in [-0.1, -0.05) is 32.8 Å². The van der Waals surface area contributed by atoms with Gasteiger partial charge in [0.2, 0.25) is 0 Å². The van der Waals surface area contributed by atoms with Crippen LogP contribution in [-0.4, -0.2) is 37.1 Å². The third-order valence-corrected chi connectivity index (χ3v) is 4.53. The summed E-state index contributed by atoms with van der Waals surface area (Å²) in [6, 6.07) is 0.594. The fraction of sp³-hybridized carbons (Fsp3) is 0.882. The first-order chi connectivity index (χ1) is 9.02. The van der Waals surface area contributed by atoms with Crippen LogP contribution in [0.4, 0.5) is 0 Å². The molecule has 1 N–H and O–H groups in total. The molecule has 2 atom stereocenters. The molecule has 0 rings (SSSR count). The van der Waals surface area contributed by atoms with Gasteiger partial charge in [0.1, 0.15) is 0 Å². The Balaban J connectivity index is 4.39. The number of nitrogens with zero attached hydrogens (tertiary/aromatic N) is 1. The first-order valence-corrected chi connectivity index (χ1v) is 8.04. The number of rotatable bonds is 12. The van der Waals surface area contributed by atoms with Gasteiger partial charge >= 0.3 is 0 Å². The summed E-state index contributed by atoms with van der Waals surface area (Å²) in [6.07, 6.45) is 10.8. The number of allylic oxidation sites excluding steroid dienone is 1. The highest BCUT2D eigenvalue weighted by molar-refractivity contribution is 4.94. The van der Waals surface area contributed by atoms with Crippen LogP contribution in [-0.2, 0) is 0 Å². The van der Waals surface area contributed by atoms with E-state index >= 15 is 0 Å². The molecule has 0 aliphatic rings. The second-order valence-electron chi connectivity index (χ2n) is 6.04. The average molecular weight is 268 g/mol. The number of hydrogen-bond donors (Lipinski definition) is 1. The van der Waals surface area contributed by atoms with E-state index in [2.05, 4.69) is 51.7 Å². The van der Waals surface area contributed by atoms with Crippen LogP contribution < -0.4 is 5.32 Å². The van der Waals surface area contributed by atoms with E-state index in [9.17, 15) is 0 Å². The quantitative estimate of drug-likeness (QED) is 0.421. The molecule has 0 amide bonds. The monoisotopic (exact) mass is 268 g/mol. The Kier molecular flexibility index (Phi) is 10.3. The van der Waals surface area contributed by atoms with Crippen molar-refractivity contribution in [3.63, 3.8) is 0 Å². The maximum absolute atomic E-state index is 3.79. The summed E-state index contributed by atoms with van der Waals surface area (Å²) < 4.78 is 0. The third-order valence-electron chi connectivity index (χ3n) is 4.53. The summed E-state index contributed by atoms with van der Waals surface area (Å²) in [5, 5.41) is 3.77. The second kappa shape index (κ2) is 10.4. The van der Waals surface area contributed by atoms with Gasteiger partial charge in [0, 0.05) is 11.6 Å². The highest BCUT2D eigenvalue weighted by Gasteiger charge is 2.33. The van der Waals surface area contributed by atoms with Crippen LogP contribution in [0.3, 0.4) is 0 Å². The molecular formula is C17H36N2. The molecule has 114 valence electrons. The molecular weight excluding hydrogens is 232 g/mol. The Labute approximate surface area is 121 Å². The molecule has 2 heteroatoms. The van der Waals surface area contributed by atoms with Crippen LogP contribution in [0.2, 0.25) is 0 Å². The molecule has 2 nitrogen and oxygen atoms in total. The fourth-order valence-electron chi connectivity index (χ4n) is 2.64. The predicted molar refractivity (Wildman–Crippen MR) is 87.7 cm³/mol. The standard InChI is InChI=1S/C17H36N2/c1-7-10-11-12-13-14-16(18-15-8-2)17(4,9-3)19(5)6/h7,16,18H,1,8-15H2,2-6H3. The fourth-order valence-corrected chi connectivity index (χ4v) is 2.64. The zero-order valence-corrected chi connectivity index (χ0v) is 14.0. The molecule has 19 heavy (non-hydrogen) atoms. The van der Waals surface area contributed by atoms with E-state index in [0.717, 1.165) is 13.0 Å². The van der Waals surface area contributed by atoms with Crippen LogP contribution in [0.5, 0.6) is 0 Å². The molecule has 2 unspecified atom stereocenters. The van der Waals surface area contributed by atoms with Gasteiger partial charge in [0.05, 0.1) is 0 Å². The van der Waals surface area contributed by atoms with E-state index < -0.39 is 0 Å². The summed E-state index contributed by atoms with van der Waals surface area (Å²) >= 11 is 0. The van der Waals surface area contributed by atoms with Crippen molar-refractivity contribution in [1.82, 2.24) is 10.2 Å². The summed E-state index contributed by atoms with van der Waals surface area (Å²) in [7, 11) is 4.42. The Bertz CT molecular complexity index is 225. The van der Waals surface area contributed by atoms with Crippen molar-refractivity contribution in [2.24, 2.45) is 0 Å². The molecule has 0 bridgehead atoms. The minimum atomic E-state index is 0.258. The molecule has 0 saturated carbocycles. The Hall–Kier alpha value is -0.340. The molecule has 0 aromatic carbocycles. The Morgan fingerprint density at radius 1 is 1.21 bits per heavy atom. The largest absolute Gasteiger partial charge is 0.312 e. The van der Waals surface area contributed by atoms with E-state index in [1.54, 1.807) is 0 Å². The van der Waals surface area contributed by atoms with Gasteiger partial charge in [-0.25, -0.2) is 0 Å². The lowest BCUT2D eigenvalue weighted by Gasteiger charge is -2.43. The highest BCUT2D eigenvalue weighted by Crippen LogP contribution is 2.25. The van der Waals surface area contributed by atoms with E-state index in [1.165, 1.54) is 38.5 Å². The molecule has 0 heterocycles. The first-order valence-electron chi connectivity index (χ1n) is 8.04. The van der Waals surface area contributed by atoms with Crippen LogP contribution in [0.1, 0.15) is 65.7 Å². The normalized spacial score (nSPS) is 16.3. The van der Waals surface area contributed by atoms with Crippen LogP contribution in [0, 0.1) is 0 Å². The number of nitrogens with one attached hydrogen (secondary N) is 1. The SMILES string of the molecule is C=CCCCCCC(NCCC)C(C)(CC)N(C)C. The smallest absolute Gasteiger partial charge is 0.0325 e. The van der Waals surface area contributed by atoms with Crippen LogP contribution in [0.25, 0.3) is 0 Å². The zero-order chi connectivity index (χ0) is 14.7. The molecule has 0 aromatic heterocycles. The summed E-state index contributed by atoms with van der Waals surface area (Å²) in [4.78, 5) is 2.39. The average Bonchev–Trinajstić information content (AvgIpc) is 2.40. The third kappa shape index (κ3) is 6.58. The van der Waals surface area contributed by atoms with Gasteiger partial charge in [-0.15, -0.1) is 6.58 Å². The first kappa shape index (κ1) is 18.7. The van der Waals surface area contributed by atoms with E-state index in [0.29, 0.717) is 6.04 Å². The second-order valence-corrected chi connectivity index (χ2v) is 6.04. The lowest BCUT2D eigenvalue weighted by atomic mass is 9.84. The molecule has 0 saturated heterocycles. The molecule has 0 aliphatic heterocycles. The van der Waals surface area contributed by atoms with Crippen molar-refractivity contribution >= 4 is 0 Å². The van der Waals surface area contributed by atoms with Crippen molar-refractivity contribution in [3.05, 3.63) is 12.7 Å². The molecule has 0 spiro atoms. The number of unbranched alkanes of at least 4 members (excludes halogenated alkanes) is 3.